The van der Waals surface area contributed by atoms with E-state index in [9.17, 15) is 0 Å². The van der Waals surface area contributed by atoms with Crippen molar-refractivity contribution in [3.05, 3.63) is 51.0 Å². The van der Waals surface area contributed by atoms with Gasteiger partial charge in [-0.3, -0.25) is 0 Å². The van der Waals surface area contributed by atoms with E-state index in [1.54, 1.807) is 0 Å². The van der Waals surface area contributed by atoms with Gasteiger partial charge in [-0.1, -0.05) is 45.0 Å². The van der Waals surface area contributed by atoms with Crippen LogP contribution in [0.1, 0.15) is 53.4 Å². The van der Waals surface area contributed by atoms with Crippen LogP contribution in [0.2, 0.25) is 0 Å². The number of nitrogens with zero attached hydrogens (tertiary/aromatic N) is 1. The van der Waals surface area contributed by atoms with Gasteiger partial charge in [-0.25, -0.2) is 4.98 Å². The fraction of sp³-hybridized carbons (Fsp3) is 0.438. The lowest BCUT2D eigenvalue weighted by atomic mass is 9.79. The first-order valence-electron chi connectivity index (χ1n) is 6.54. The topological polar surface area (TPSA) is 12.9 Å². The summed E-state index contributed by atoms with van der Waals surface area (Å²) in [5.74, 6) is 0.476. The second-order valence-electron chi connectivity index (χ2n) is 5.91. The summed E-state index contributed by atoms with van der Waals surface area (Å²) in [7, 11) is 0. The van der Waals surface area contributed by atoms with E-state index in [0.29, 0.717) is 5.92 Å². The minimum atomic E-state index is 0.177. The van der Waals surface area contributed by atoms with Gasteiger partial charge in [0.1, 0.15) is 0 Å². The summed E-state index contributed by atoms with van der Waals surface area (Å²) in [5, 5.41) is 1.20. The standard InChI is InChI=1S/C16H19NS/c1-10-12-7-5-6-8-13(12)16(3,4)9-14-15(10)18-11(2)17-14/h5-8,10H,9H2,1-4H3. The zero-order valence-corrected chi connectivity index (χ0v) is 12.3. The van der Waals surface area contributed by atoms with Crippen LogP contribution in [0.5, 0.6) is 0 Å². The molecule has 0 saturated heterocycles. The van der Waals surface area contributed by atoms with Crippen LogP contribution in [0.15, 0.2) is 24.3 Å². The minimum absolute atomic E-state index is 0.177. The summed E-state index contributed by atoms with van der Waals surface area (Å²) in [6.07, 6.45) is 1.05. The highest BCUT2D eigenvalue weighted by atomic mass is 32.1. The molecule has 1 atom stereocenters. The number of aromatic nitrogens is 1. The Bertz CT molecular complexity index is 595. The van der Waals surface area contributed by atoms with E-state index in [4.69, 9.17) is 4.98 Å². The fourth-order valence-electron chi connectivity index (χ4n) is 3.10. The summed E-state index contributed by atoms with van der Waals surface area (Å²) < 4.78 is 0. The number of fused-ring (bicyclic) bond motifs is 2. The summed E-state index contributed by atoms with van der Waals surface area (Å²) in [6.45, 7) is 9.10. The average Bonchev–Trinajstić information content (AvgIpc) is 2.65. The summed E-state index contributed by atoms with van der Waals surface area (Å²) in [5.41, 5.74) is 4.45. The van der Waals surface area contributed by atoms with Crippen LogP contribution in [-0.4, -0.2) is 4.98 Å². The van der Waals surface area contributed by atoms with Crippen molar-refractivity contribution in [3.63, 3.8) is 0 Å². The van der Waals surface area contributed by atoms with E-state index in [0.717, 1.165) is 6.42 Å². The van der Waals surface area contributed by atoms with E-state index in [1.807, 2.05) is 11.3 Å². The maximum atomic E-state index is 4.76. The monoisotopic (exact) mass is 257 g/mol. The van der Waals surface area contributed by atoms with Gasteiger partial charge in [-0.2, -0.15) is 0 Å². The van der Waals surface area contributed by atoms with Crippen LogP contribution in [0.4, 0.5) is 0 Å². The van der Waals surface area contributed by atoms with Crippen molar-refractivity contribution >= 4 is 11.3 Å². The second-order valence-corrected chi connectivity index (χ2v) is 7.15. The van der Waals surface area contributed by atoms with Crippen LogP contribution in [0.3, 0.4) is 0 Å². The Hall–Kier alpha value is -1.15. The SMILES string of the molecule is Cc1nc2c(s1)C(C)c1ccccc1C(C)(C)C2. The molecule has 0 spiro atoms. The predicted octanol–water partition coefficient (Wildman–Crippen LogP) is 4.44. The van der Waals surface area contributed by atoms with Gasteiger partial charge in [0.25, 0.3) is 0 Å². The molecule has 0 fully saturated rings. The Morgan fingerprint density at radius 1 is 1.28 bits per heavy atom. The lowest BCUT2D eigenvalue weighted by Gasteiger charge is -2.26. The summed E-state index contributed by atoms with van der Waals surface area (Å²) >= 11 is 1.86. The third kappa shape index (κ3) is 1.71. The molecule has 1 aliphatic carbocycles. The zero-order valence-electron chi connectivity index (χ0n) is 11.4. The third-order valence-electron chi connectivity index (χ3n) is 3.99. The van der Waals surface area contributed by atoms with E-state index in [1.165, 1.54) is 26.7 Å². The Balaban J connectivity index is 2.27. The maximum Gasteiger partial charge on any atom is 0.0900 e. The van der Waals surface area contributed by atoms with Gasteiger partial charge in [0, 0.05) is 10.8 Å². The first-order valence-corrected chi connectivity index (χ1v) is 7.36. The second kappa shape index (κ2) is 3.92. The van der Waals surface area contributed by atoms with Gasteiger partial charge in [-0.15, -0.1) is 11.3 Å². The Morgan fingerprint density at radius 2 is 2.00 bits per heavy atom. The van der Waals surface area contributed by atoms with Crippen molar-refractivity contribution < 1.29 is 0 Å². The number of benzene rings is 1. The number of hydrogen-bond donors (Lipinski definition) is 0. The molecule has 0 saturated carbocycles. The Labute approximate surface area is 113 Å². The predicted molar refractivity (Wildman–Crippen MR) is 77.5 cm³/mol. The van der Waals surface area contributed by atoms with Gasteiger partial charge < -0.3 is 0 Å². The molecule has 0 bridgehead atoms. The van der Waals surface area contributed by atoms with E-state index < -0.39 is 0 Å². The molecule has 2 aromatic rings. The van der Waals surface area contributed by atoms with Crippen molar-refractivity contribution in [2.75, 3.05) is 0 Å². The van der Waals surface area contributed by atoms with E-state index >= 15 is 0 Å². The van der Waals surface area contributed by atoms with Gasteiger partial charge in [0.15, 0.2) is 0 Å². The minimum Gasteiger partial charge on any atom is -0.246 e. The first kappa shape index (κ1) is 11.9. The molecule has 3 rings (SSSR count). The van der Waals surface area contributed by atoms with Crippen molar-refractivity contribution in [1.82, 2.24) is 4.98 Å². The van der Waals surface area contributed by atoms with Crippen molar-refractivity contribution in [1.29, 1.82) is 0 Å². The highest BCUT2D eigenvalue weighted by Gasteiger charge is 2.33. The number of thiazole rings is 1. The van der Waals surface area contributed by atoms with Crippen LogP contribution < -0.4 is 0 Å². The number of rotatable bonds is 0. The molecule has 18 heavy (non-hydrogen) atoms. The normalized spacial score (nSPS) is 21.0. The van der Waals surface area contributed by atoms with Gasteiger partial charge in [0.05, 0.1) is 10.7 Å². The molecule has 1 aliphatic rings. The van der Waals surface area contributed by atoms with Crippen molar-refractivity contribution in [2.45, 2.75) is 45.4 Å². The average molecular weight is 257 g/mol. The lowest BCUT2D eigenvalue weighted by Crippen LogP contribution is -2.21. The van der Waals surface area contributed by atoms with Crippen LogP contribution in [0.25, 0.3) is 0 Å². The van der Waals surface area contributed by atoms with Gasteiger partial charge in [0.2, 0.25) is 0 Å². The molecular formula is C16H19NS. The molecule has 0 N–H and O–H groups in total. The summed E-state index contributed by atoms with van der Waals surface area (Å²) in [4.78, 5) is 6.22. The molecule has 1 aromatic heterocycles. The largest absolute Gasteiger partial charge is 0.246 e. The highest BCUT2D eigenvalue weighted by molar-refractivity contribution is 7.11. The zero-order chi connectivity index (χ0) is 12.9. The molecule has 0 aliphatic heterocycles. The molecule has 1 heterocycles. The van der Waals surface area contributed by atoms with E-state index in [2.05, 4.69) is 52.0 Å². The molecule has 0 amide bonds. The Kier molecular flexibility index (Phi) is 2.60. The molecular weight excluding hydrogens is 238 g/mol. The number of aryl methyl sites for hydroxylation is 1. The molecule has 1 nitrogen and oxygen atoms in total. The van der Waals surface area contributed by atoms with E-state index in [-0.39, 0.29) is 5.41 Å². The molecule has 2 heteroatoms. The van der Waals surface area contributed by atoms with Crippen LogP contribution >= 0.6 is 11.3 Å². The Morgan fingerprint density at radius 3 is 2.78 bits per heavy atom. The molecule has 1 aromatic carbocycles. The van der Waals surface area contributed by atoms with Crippen molar-refractivity contribution in [3.8, 4) is 0 Å². The van der Waals surface area contributed by atoms with Crippen molar-refractivity contribution in [2.24, 2.45) is 0 Å². The van der Waals surface area contributed by atoms with Crippen LogP contribution in [0, 0.1) is 6.92 Å². The van der Waals surface area contributed by atoms with Crippen LogP contribution in [-0.2, 0) is 11.8 Å². The van der Waals surface area contributed by atoms with Gasteiger partial charge in [-0.05, 0) is 29.9 Å². The third-order valence-corrected chi connectivity index (χ3v) is 5.19. The highest BCUT2D eigenvalue weighted by Crippen LogP contribution is 2.43. The molecule has 0 radical (unpaired) electrons. The number of hydrogen-bond acceptors (Lipinski definition) is 2. The fourth-order valence-corrected chi connectivity index (χ4v) is 4.11. The molecule has 1 unspecified atom stereocenters. The smallest absolute Gasteiger partial charge is 0.0900 e. The lowest BCUT2D eigenvalue weighted by molar-refractivity contribution is 0.517. The maximum absolute atomic E-state index is 4.76. The quantitative estimate of drug-likeness (QED) is 0.680. The molecule has 94 valence electrons. The summed E-state index contributed by atoms with van der Waals surface area (Å²) in [6, 6.07) is 8.89. The first-order chi connectivity index (χ1) is 8.49. The van der Waals surface area contributed by atoms with Gasteiger partial charge >= 0.3 is 0 Å².